The quantitative estimate of drug-likeness (QED) is 0.815. The minimum atomic E-state index is -2.62. The van der Waals surface area contributed by atoms with Gasteiger partial charge in [0, 0.05) is 30.5 Å². The second kappa shape index (κ2) is 3.64. The van der Waals surface area contributed by atoms with Crippen LogP contribution in [0, 0.1) is 6.92 Å². The molecule has 0 spiro atoms. The molecule has 1 aromatic heterocycles. The Hall–Kier alpha value is -0.740. The lowest BCUT2D eigenvalue weighted by atomic mass is 9.62. The Morgan fingerprint density at radius 2 is 2.06 bits per heavy atom. The molecule has 0 unspecified atom stereocenters. The highest BCUT2D eigenvalue weighted by molar-refractivity contribution is 6.30. The van der Waals surface area contributed by atoms with Crippen molar-refractivity contribution in [3.05, 3.63) is 28.5 Å². The molecule has 0 amide bonds. The summed E-state index contributed by atoms with van der Waals surface area (Å²) in [6.07, 6.45) is -0.470. The van der Waals surface area contributed by atoms with Crippen LogP contribution in [0.2, 0.25) is 5.15 Å². The third-order valence-corrected chi connectivity index (χ3v) is 3.43. The highest BCUT2D eigenvalue weighted by atomic mass is 35.5. The standard InChI is InChI=1S/C11H13ClF2N2/c1-7-2-3-8(9(12)16-7)10(6-15)4-11(13,14)5-10/h2-3H,4-6,15H2,1H3. The third-order valence-electron chi connectivity index (χ3n) is 3.14. The van der Waals surface area contributed by atoms with E-state index in [9.17, 15) is 8.78 Å². The molecule has 2 nitrogen and oxygen atoms in total. The van der Waals surface area contributed by atoms with Gasteiger partial charge in [-0.25, -0.2) is 13.8 Å². The van der Waals surface area contributed by atoms with E-state index in [2.05, 4.69) is 4.98 Å². The summed E-state index contributed by atoms with van der Waals surface area (Å²) < 4.78 is 26.0. The van der Waals surface area contributed by atoms with Gasteiger partial charge in [-0.1, -0.05) is 17.7 Å². The molecule has 88 valence electrons. The lowest BCUT2D eigenvalue weighted by molar-refractivity contribution is -0.123. The van der Waals surface area contributed by atoms with Gasteiger partial charge in [-0.05, 0) is 18.6 Å². The predicted molar refractivity (Wildman–Crippen MR) is 58.9 cm³/mol. The van der Waals surface area contributed by atoms with Crippen LogP contribution in [0.4, 0.5) is 8.78 Å². The molecule has 5 heteroatoms. The summed E-state index contributed by atoms with van der Waals surface area (Å²) in [6.45, 7) is 1.98. The number of rotatable bonds is 2. The van der Waals surface area contributed by atoms with Crippen LogP contribution >= 0.6 is 11.6 Å². The van der Waals surface area contributed by atoms with Crippen LogP contribution in [0.25, 0.3) is 0 Å². The predicted octanol–water partition coefficient (Wildman–Crippen LogP) is 2.67. The highest BCUT2D eigenvalue weighted by Gasteiger charge is 2.57. The van der Waals surface area contributed by atoms with Gasteiger partial charge in [-0.3, -0.25) is 0 Å². The van der Waals surface area contributed by atoms with Gasteiger partial charge in [-0.2, -0.15) is 0 Å². The fourth-order valence-electron chi connectivity index (χ4n) is 2.30. The van der Waals surface area contributed by atoms with Gasteiger partial charge in [0.15, 0.2) is 0 Å². The summed E-state index contributed by atoms with van der Waals surface area (Å²) in [5.74, 6) is -2.62. The molecule has 1 aliphatic rings. The van der Waals surface area contributed by atoms with Gasteiger partial charge in [0.25, 0.3) is 0 Å². The maximum Gasteiger partial charge on any atom is 0.250 e. The summed E-state index contributed by atoms with van der Waals surface area (Å²) in [5, 5.41) is 0.293. The molecule has 1 saturated carbocycles. The van der Waals surface area contributed by atoms with E-state index >= 15 is 0 Å². The summed E-state index contributed by atoms with van der Waals surface area (Å²) in [6, 6.07) is 3.53. The van der Waals surface area contributed by atoms with Gasteiger partial charge < -0.3 is 5.73 Å². The van der Waals surface area contributed by atoms with E-state index in [1.165, 1.54) is 0 Å². The highest BCUT2D eigenvalue weighted by Crippen LogP contribution is 2.53. The molecular formula is C11H13ClF2N2. The molecule has 0 atom stereocenters. The van der Waals surface area contributed by atoms with Crippen LogP contribution < -0.4 is 5.73 Å². The van der Waals surface area contributed by atoms with Crippen LogP contribution in [0.3, 0.4) is 0 Å². The van der Waals surface area contributed by atoms with Crippen molar-refractivity contribution >= 4 is 11.6 Å². The third kappa shape index (κ3) is 1.80. The van der Waals surface area contributed by atoms with E-state index in [-0.39, 0.29) is 19.4 Å². The van der Waals surface area contributed by atoms with Gasteiger partial charge in [0.1, 0.15) is 5.15 Å². The fourth-order valence-corrected chi connectivity index (χ4v) is 2.70. The van der Waals surface area contributed by atoms with Gasteiger partial charge in [0.05, 0.1) is 0 Å². The van der Waals surface area contributed by atoms with Crippen LogP contribution in [-0.2, 0) is 5.41 Å². The van der Waals surface area contributed by atoms with E-state index in [4.69, 9.17) is 17.3 Å². The number of hydrogen-bond acceptors (Lipinski definition) is 2. The molecule has 1 fully saturated rings. The Balaban J connectivity index is 2.36. The first-order valence-corrected chi connectivity index (χ1v) is 5.48. The van der Waals surface area contributed by atoms with E-state index < -0.39 is 11.3 Å². The van der Waals surface area contributed by atoms with Crippen molar-refractivity contribution in [1.29, 1.82) is 0 Å². The number of alkyl halides is 2. The zero-order valence-electron chi connectivity index (χ0n) is 8.93. The van der Waals surface area contributed by atoms with Crippen molar-refractivity contribution in [2.45, 2.75) is 31.1 Å². The molecule has 16 heavy (non-hydrogen) atoms. The molecule has 0 aliphatic heterocycles. The van der Waals surface area contributed by atoms with Crippen LogP contribution in [0.15, 0.2) is 12.1 Å². The smallest absolute Gasteiger partial charge is 0.250 e. The maximum absolute atomic E-state index is 13.0. The summed E-state index contributed by atoms with van der Waals surface area (Å²) in [7, 11) is 0. The van der Waals surface area contributed by atoms with E-state index in [0.29, 0.717) is 10.7 Å². The van der Waals surface area contributed by atoms with Crippen molar-refractivity contribution in [1.82, 2.24) is 4.98 Å². The number of aromatic nitrogens is 1. The average Bonchev–Trinajstić information content (AvgIpc) is 2.13. The maximum atomic E-state index is 13.0. The van der Waals surface area contributed by atoms with Crippen molar-refractivity contribution in [2.75, 3.05) is 6.54 Å². The molecular weight excluding hydrogens is 234 g/mol. The first-order chi connectivity index (χ1) is 7.38. The normalized spacial score (nSPS) is 21.6. The van der Waals surface area contributed by atoms with Crippen LogP contribution in [0.5, 0.6) is 0 Å². The number of aryl methyl sites for hydroxylation is 1. The minimum Gasteiger partial charge on any atom is -0.330 e. The van der Waals surface area contributed by atoms with Crippen molar-refractivity contribution in [2.24, 2.45) is 5.73 Å². The van der Waals surface area contributed by atoms with Crippen molar-refractivity contribution in [3.8, 4) is 0 Å². The first-order valence-electron chi connectivity index (χ1n) is 5.10. The lowest BCUT2D eigenvalue weighted by Crippen LogP contribution is -2.53. The first kappa shape index (κ1) is 11.7. The summed E-state index contributed by atoms with van der Waals surface area (Å²) in [4.78, 5) is 4.08. The summed E-state index contributed by atoms with van der Waals surface area (Å²) >= 11 is 5.99. The van der Waals surface area contributed by atoms with Crippen molar-refractivity contribution < 1.29 is 8.78 Å². The Kier molecular flexibility index (Phi) is 2.67. The van der Waals surface area contributed by atoms with E-state index in [1.807, 2.05) is 0 Å². The fraction of sp³-hybridized carbons (Fsp3) is 0.545. The Labute approximate surface area is 97.8 Å². The van der Waals surface area contributed by atoms with Gasteiger partial charge in [-0.15, -0.1) is 0 Å². The Bertz CT molecular complexity index is 412. The number of nitrogens with zero attached hydrogens (tertiary/aromatic N) is 1. The second-order valence-electron chi connectivity index (χ2n) is 4.48. The van der Waals surface area contributed by atoms with Crippen molar-refractivity contribution in [3.63, 3.8) is 0 Å². The number of pyridine rings is 1. The monoisotopic (exact) mass is 246 g/mol. The minimum absolute atomic E-state index is 0.174. The van der Waals surface area contributed by atoms with Crippen LogP contribution in [-0.4, -0.2) is 17.5 Å². The molecule has 0 saturated heterocycles. The lowest BCUT2D eigenvalue weighted by Gasteiger charge is -2.47. The molecule has 0 aromatic carbocycles. The van der Waals surface area contributed by atoms with Crippen LogP contribution in [0.1, 0.15) is 24.1 Å². The molecule has 0 bridgehead atoms. The molecule has 2 N–H and O–H groups in total. The largest absolute Gasteiger partial charge is 0.330 e. The molecule has 0 radical (unpaired) electrons. The SMILES string of the molecule is Cc1ccc(C2(CN)CC(F)(F)C2)c(Cl)n1. The number of halogens is 3. The van der Waals surface area contributed by atoms with Gasteiger partial charge >= 0.3 is 0 Å². The summed E-state index contributed by atoms with van der Waals surface area (Å²) in [5.41, 5.74) is 6.33. The van der Waals surface area contributed by atoms with Gasteiger partial charge in [0.2, 0.25) is 5.92 Å². The molecule has 1 heterocycles. The number of nitrogens with two attached hydrogens (primary N) is 1. The topological polar surface area (TPSA) is 38.9 Å². The zero-order valence-corrected chi connectivity index (χ0v) is 9.69. The second-order valence-corrected chi connectivity index (χ2v) is 4.84. The Morgan fingerprint density at radius 3 is 2.50 bits per heavy atom. The molecule has 1 aliphatic carbocycles. The zero-order chi connectivity index (χ0) is 12.0. The number of hydrogen-bond donors (Lipinski definition) is 1. The Morgan fingerprint density at radius 1 is 1.44 bits per heavy atom. The van der Waals surface area contributed by atoms with E-state index in [1.54, 1.807) is 19.1 Å². The molecule has 2 rings (SSSR count). The molecule has 1 aromatic rings. The van der Waals surface area contributed by atoms with E-state index in [0.717, 1.165) is 5.69 Å². The average molecular weight is 247 g/mol.